The topological polar surface area (TPSA) is 59.3 Å². The molecule has 4 rings (SSSR count). The molecular weight excluding hydrogens is 352 g/mol. The van der Waals surface area contributed by atoms with E-state index < -0.39 is 0 Å². The van der Waals surface area contributed by atoms with Crippen LogP contribution in [0.2, 0.25) is 0 Å². The fraction of sp³-hybridized carbons (Fsp3) is 0.286. The Kier molecular flexibility index (Phi) is 5.34. The van der Waals surface area contributed by atoms with Crippen molar-refractivity contribution in [3.8, 4) is 22.7 Å². The summed E-state index contributed by atoms with van der Waals surface area (Å²) in [6.07, 6.45) is 7.57. The third-order valence-corrected chi connectivity index (χ3v) is 4.88. The van der Waals surface area contributed by atoms with Crippen molar-refractivity contribution in [2.45, 2.75) is 0 Å². The first-order chi connectivity index (χ1) is 13.8. The predicted octanol–water partition coefficient (Wildman–Crippen LogP) is 2.65. The number of rotatable bonds is 6. The Morgan fingerprint density at radius 2 is 2.04 bits per heavy atom. The monoisotopic (exact) mass is 376 g/mol. The average molecular weight is 376 g/mol. The average Bonchev–Trinajstić information content (AvgIpc) is 3.25. The van der Waals surface area contributed by atoms with Crippen LogP contribution in [0.4, 0.5) is 5.95 Å². The van der Waals surface area contributed by atoms with Crippen LogP contribution in [0, 0.1) is 0 Å². The third kappa shape index (κ3) is 3.89. The lowest BCUT2D eigenvalue weighted by molar-refractivity contribution is 0.283. The molecule has 0 spiro atoms. The first kappa shape index (κ1) is 18.2. The molecule has 3 heterocycles. The maximum absolute atomic E-state index is 5.30. The van der Waals surface area contributed by atoms with Crippen molar-refractivity contribution in [3.05, 3.63) is 61.6 Å². The van der Waals surface area contributed by atoms with Gasteiger partial charge in [0.2, 0.25) is 5.95 Å². The minimum atomic E-state index is 0.768. The molecule has 3 aromatic rings. The molecule has 7 heteroatoms. The Morgan fingerprint density at radius 1 is 1.18 bits per heavy atom. The number of aromatic nitrogens is 4. The van der Waals surface area contributed by atoms with Crippen LogP contribution in [0.5, 0.6) is 5.75 Å². The minimum Gasteiger partial charge on any atom is -0.497 e. The summed E-state index contributed by atoms with van der Waals surface area (Å²) in [6.45, 7) is 8.57. The Labute approximate surface area is 164 Å². The molecule has 2 aromatic heterocycles. The molecule has 144 valence electrons. The lowest BCUT2D eigenvalue weighted by Crippen LogP contribution is -2.46. The van der Waals surface area contributed by atoms with Gasteiger partial charge in [-0.25, -0.2) is 14.6 Å². The molecule has 0 aliphatic carbocycles. The Balaban J connectivity index is 1.52. The van der Waals surface area contributed by atoms with Crippen LogP contribution in [0.25, 0.3) is 16.9 Å². The molecule has 0 bridgehead atoms. The quantitative estimate of drug-likeness (QED) is 0.617. The zero-order valence-corrected chi connectivity index (χ0v) is 16.0. The van der Waals surface area contributed by atoms with Gasteiger partial charge in [-0.1, -0.05) is 12.1 Å². The number of nitrogens with zero attached hydrogens (tertiary/aromatic N) is 6. The normalized spacial score (nSPS) is 14.8. The van der Waals surface area contributed by atoms with Gasteiger partial charge < -0.3 is 9.64 Å². The highest BCUT2D eigenvalue weighted by Gasteiger charge is 2.18. The van der Waals surface area contributed by atoms with Crippen molar-refractivity contribution in [2.75, 3.05) is 44.7 Å². The first-order valence-corrected chi connectivity index (χ1v) is 9.37. The van der Waals surface area contributed by atoms with Gasteiger partial charge in [-0.05, 0) is 18.2 Å². The lowest BCUT2D eigenvalue weighted by atomic mass is 10.2. The molecule has 1 aliphatic heterocycles. The Morgan fingerprint density at radius 3 is 2.82 bits per heavy atom. The van der Waals surface area contributed by atoms with Crippen LogP contribution in [0.3, 0.4) is 0 Å². The van der Waals surface area contributed by atoms with Crippen LogP contribution in [-0.2, 0) is 0 Å². The minimum absolute atomic E-state index is 0.768. The van der Waals surface area contributed by atoms with Crippen molar-refractivity contribution in [1.29, 1.82) is 0 Å². The Hall–Kier alpha value is -3.19. The number of hydrogen-bond donors (Lipinski definition) is 0. The zero-order chi connectivity index (χ0) is 19.3. The molecule has 0 N–H and O–H groups in total. The van der Waals surface area contributed by atoms with Crippen LogP contribution in [0.1, 0.15) is 0 Å². The second kappa shape index (κ2) is 8.22. The fourth-order valence-corrected chi connectivity index (χ4v) is 3.32. The van der Waals surface area contributed by atoms with E-state index in [9.17, 15) is 0 Å². The molecule has 0 atom stereocenters. The second-order valence-electron chi connectivity index (χ2n) is 6.69. The van der Waals surface area contributed by atoms with E-state index in [1.165, 1.54) is 0 Å². The van der Waals surface area contributed by atoms with Gasteiger partial charge in [0, 0.05) is 56.7 Å². The van der Waals surface area contributed by atoms with Crippen LogP contribution in [0.15, 0.2) is 61.6 Å². The molecule has 1 saturated heterocycles. The van der Waals surface area contributed by atoms with E-state index in [1.807, 2.05) is 59.7 Å². The van der Waals surface area contributed by atoms with Gasteiger partial charge in [-0.3, -0.25) is 4.90 Å². The van der Waals surface area contributed by atoms with Gasteiger partial charge >= 0.3 is 0 Å². The number of hydrogen-bond acceptors (Lipinski definition) is 6. The number of methoxy groups -OCH3 is 1. The largest absolute Gasteiger partial charge is 0.497 e. The smallest absolute Gasteiger partial charge is 0.225 e. The van der Waals surface area contributed by atoms with Crippen molar-refractivity contribution >= 4 is 5.95 Å². The second-order valence-corrected chi connectivity index (χ2v) is 6.69. The Bertz CT molecular complexity index is 945. The summed E-state index contributed by atoms with van der Waals surface area (Å²) >= 11 is 0. The van der Waals surface area contributed by atoms with Crippen molar-refractivity contribution < 1.29 is 4.74 Å². The van der Waals surface area contributed by atoms with Crippen molar-refractivity contribution in [2.24, 2.45) is 0 Å². The summed E-state index contributed by atoms with van der Waals surface area (Å²) in [5.41, 5.74) is 2.77. The molecule has 7 nitrogen and oxygen atoms in total. The van der Waals surface area contributed by atoms with Gasteiger partial charge in [-0.2, -0.15) is 5.10 Å². The number of piperazine rings is 1. The maximum atomic E-state index is 5.30. The van der Waals surface area contributed by atoms with Crippen molar-refractivity contribution in [1.82, 2.24) is 24.6 Å². The van der Waals surface area contributed by atoms with Crippen LogP contribution in [-0.4, -0.2) is 64.5 Å². The van der Waals surface area contributed by atoms with Gasteiger partial charge in [0.05, 0.1) is 24.7 Å². The summed E-state index contributed by atoms with van der Waals surface area (Å²) in [6, 6.07) is 9.73. The highest BCUT2D eigenvalue weighted by molar-refractivity contribution is 5.59. The number of ether oxygens (including phenoxy) is 1. The summed E-state index contributed by atoms with van der Waals surface area (Å²) in [7, 11) is 1.66. The highest BCUT2D eigenvalue weighted by Crippen LogP contribution is 2.22. The number of benzene rings is 1. The molecule has 0 amide bonds. The van der Waals surface area contributed by atoms with E-state index >= 15 is 0 Å². The summed E-state index contributed by atoms with van der Waals surface area (Å²) in [5.74, 6) is 1.57. The number of anilines is 1. The van der Waals surface area contributed by atoms with Gasteiger partial charge in [-0.15, -0.1) is 6.58 Å². The van der Waals surface area contributed by atoms with Crippen LogP contribution < -0.4 is 9.64 Å². The molecule has 0 unspecified atom stereocenters. The maximum Gasteiger partial charge on any atom is 0.225 e. The molecule has 1 fully saturated rings. The van der Waals surface area contributed by atoms with E-state index in [1.54, 1.807) is 7.11 Å². The van der Waals surface area contributed by atoms with Gasteiger partial charge in [0.1, 0.15) is 5.75 Å². The SMILES string of the molecule is C=CCN1CCN(c2nccc(-c3cnn(-c4cccc(OC)c4)c3)n2)CC1. The van der Waals surface area contributed by atoms with Crippen LogP contribution >= 0.6 is 0 Å². The van der Waals surface area contributed by atoms with Crippen molar-refractivity contribution in [3.63, 3.8) is 0 Å². The summed E-state index contributed by atoms with van der Waals surface area (Å²) < 4.78 is 7.12. The molecule has 28 heavy (non-hydrogen) atoms. The molecular formula is C21H24N6O. The molecule has 1 aromatic carbocycles. The van der Waals surface area contributed by atoms with E-state index in [4.69, 9.17) is 9.72 Å². The standard InChI is InChI=1S/C21H24N6O/c1-3-9-25-10-12-26(13-11-25)21-22-8-7-20(24-21)17-15-23-27(16-17)18-5-4-6-19(14-18)28-2/h3-8,14-16H,1,9-13H2,2H3. The zero-order valence-electron chi connectivity index (χ0n) is 16.0. The highest BCUT2D eigenvalue weighted by atomic mass is 16.5. The van der Waals surface area contributed by atoms with E-state index in [0.717, 1.165) is 61.4 Å². The van der Waals surface area contributed by atoms with E-state index in [2.05, 4.69) is 26.5 Å². The summed E-state index contributed by atoms with van der Waals surface area (Å²) in [4.78, 5) is 13.9. The van der Waals surface area contributed by atoms with E-state index in [-0.39, 0.29) is 0 Å². The fourth-order valence-electron chi connectivity index (χ4n) is 3.32. The lowest BCUT2D eigenvalue weighted by Gasteiger charge is -2.34. The van der Waals surface area contributed by atoms with Gasteiger partial charge in [0.15, 0.2) is 0 Å². The van der Waals surface area contributed by atoms with Gasteiger partial charge in [0.25, 0.3) is 0 Å². The molecule has 0 radical (unpaired) electrons. The molecule has 0 saturated carbocycles. The first-order valence-electron chi connectivity index (χ1n) is 9.37. The third-order valence-electron chi connectivity index (χ3n) is 4.88. The predicted molar refractivity (Wildman–Crippen MR) is 110 cm³/mol. The molecule has 1 aliphatic rings. The summed E-state index contributed by atoms with van der Waals surface area (Å²) in [5, 5.41) is 4.48. The van der Waals surface area contributed by atoms with E-state index in [0.29, 0.717) is 0 Å².